The van der Waals surface area contributed by atoms with Crippen molar-refractivity contribution in [3.8, 4) is 0 Å². The minimum absolute atomic E-state index is 0.0283. The van der Waals surface area contributed by atoms with Crippen molar-refractivity contribution in [2.24, 2.45) is 0 Å². The third-order valence-electron chi connectivity index (χ3n) is 3.93. The number of sulfonamides is 1. The molecule has 0 aromatic heterocycles. The predicted octanol–water partition coefficient (Wildman–Crippen LogP) is 3.32. The number of non-ortho nitro benzene ring substituents is 1. The fourth-order valence-corrected chi connectivity index (χ4v) is 3.52. The first-order chi connectivity index (χ1) is 13.2. The van der Waals surface area contributed by atoms with Gasteiger partial charge in [0, 0.05) is 29.9 Å². The largest absolute Gasteiger partial charge is 0.323 e. The molecule has 9 heteroatoms. The molecule has 2 aromatic rings. The Bertz CT molecular complexity index is 968. The summed E-state index contributed by atoms with van der Waals surface area (Å²) in [5.74, 6) is -0.410. The highest BCUT2D eigenvalue weighted by Gasteiger charge is 2.16. The van der Waals surface area contributed by atoms with Crippen molar-refractivity contribution in [2.45, 2.75) is 31.2 Å². The molecule has 1 unspecified atom stereocenters. The summed E-state index contributed by atoms with van der Waals surface area (Å²) in [5.41, 5.74) is 1.05. The van der Waals surface area contributed by atoms with Crippen molar-refractivity contribution < 1.29 is 18.1 Å². The van der Waals surface area contributed by atoms with E-state index in [9.17, 15) is 23.3 Å². The van der Waals surface area contributed by atoms with E-state index in [1.165, 1.54) is 60.7 Å². The summed E-state index contributed by atoms with van der Waals surface area (Å²) in [5, 5.41) is 13.2. The van der Waals surface area contributed by atoms with E-state index in [0.717, 1.165) is 0 Å². The fraction of sp³-hybridized carbons (Fsp3) is 0.211. The standard InChI is InChI=1S/C19H21N3O5S/c1-3-14(2)21-28(26,27)18-11-7-16(8-12-18)20-19(23)13-6-15-4-9-17(10-5-15)22(24)25/h4-14,21H,3H2,1-2H3,(H,20,23)/b13-6+. The molecule has 2 rings (SSSR count). The van der Waals surface area contributed by atoms with Crippen LogP contribution in [0.1, 0.15) is 25.8 Å². The Hall–Kier alpha value is -3.04. The number of nitrogens with zero attached hydrogens (tertiary/aromatic N) is 1. The second-order valence-electron chi connectivity index (χ2n) is 6.13. The molecule has 0 aliphatic carbocycles. The van der Waals surface area contributed by atoms with Crippen LogP contribution in [-0.4, -0.2) is 25.3 Å². The molecule has 0 saturated heterocycles. The minimum Gasteiger partial charge on any atom is -0.323 e. The van der Waals surface area contributed by atoms with Gasteiger partial charge in [0.05, 0.1) is 9.82 Å². The van der Waals surface area contributed by atoms with Crippen LogP contribution in [0.2, 0.25) is 0 Å². The molecular formula is C19H21N3O5S. The summed E-state index contributed by atoms with van der Waals surface area (Å²) in [6.07, 6.45) is 3.48. The molecule has 0 saturated carbocycles. The lowest BCUT2D eigenvalue weighted by atomic mass is 10.2. The van der Waals surface area contributed by atoms with Crippen LogP contribution in [0, 0.1) is 10.1 Å². The van der Waals surface area contributed by atoms with Crippen molar-refractivity contribution in [3.05, 3.63) is 70.3 Å². The molecule has 2 aromatic carbocycles. The van der Waals surface area contributed by atoms with Crippen LogP contribution >= 0.6 is 0 Å². The third kappa shape index (κ3) is 6.00. The smallest absolute Gasteiger partial charge is 0.269 e. The highest BCUT2D eigenvalue weighted by molar-refractivity contribution is 7.89. The minimum atomic E-state index is -3.60. The number of nitro benzene ring substituents is 1. The summed E-state index contributed by atoms with van der Waals surface area (Å²) in [7, 11) is -3.60. The lowest BCUT2D eigenvalue weighted by molar-refractivity contribution is -0.384. The molecule has 1 amide bonds. The Morgan fingerprint density at radius 2 is 1.75 bits per heavy atom. The zero-order valence-corrected chi connectivity index (χ0v) is 16.3. The van der Waals surface area contributed by atoms with E-state index >= 15 is 0 Å². The van der Waals surface area contributed by atoms with E-state index in [1.807, 2.05) is 6.92 Å². The fourth-order valence-electron chi connectivity index (χ4n) is 2.20. The van der Waals surface area contributed by atoms with E-state index in [2.05, 4.69) is 10.0 Å². The maximum Gasteiger partial charge on any atom is 0.269 e. The first kappa shape index (κ1) is 21.3. The summed E-state index contributed by atoms with van der Waals surface area (Å²) in [6.45, 7) is 3.67. The Balaban J connectivity index is 1.99. The maximum atomic E-state index is 12.2. The van der Waals surface area contributed by atoms with Crippen molar-refractivity contribution >= 4 is 33.4 Å². The summed E-state index contributed by atoms with van der Waals surface area (Å²) >= 11 is 0. The van der Waals surface area contributed by atoms with Crippen molar-refractivity contribution in [3.63, 3.8) is 0 Å². The van der Waals surface area contributed by atoms with Gasteiger partial charge in [-0.2, -0.15) is 0 Å². The molecule has 0 aliphatic rings. The number of amides is 1. The van der Waals surface area contributed by atoms with Crippen molar-refractivity contribution in [1.29, 1.82) is 0 Å². The molecule has 0 bridgehead atoms. The van der Waals surface area contributed by atoms with E-state index in [4.69, 9.17) is 0 Å². The van der Waals surface area contributed by atoms with Crippen LogP contribution in [0.15, 0.2) is 59.5 Å². The third-order valence-corrected chi connectivity index (χ3v) is 5.54. The number of rotatable bonds is 8. The summed E-state index contributed by atoms with van der Waals surface area (Å²) < 4.78 is 27.0. The average molecular weight is 403 g/mol. The normalized spacial score (nSPS) is 12.6. The van der Waals surface area contributed by atoms with Crippen molar-refractivity contribution in [1.82, 2.24) is 4.72 Å². The van der Waals surface area contributed by atoms with Gasteiger partial charge < -0.3 is 5.32 Å². The number of anilines is 1. The van der Waals surface area contributed by atoms with Gasteiger partial charge in [-0.05, 0) is 61.4 Å². The first-order valence-electron chi connectivity index (χ1n) is 8.57. The second kappa shape index (κ2) is 9.25. The zero-order chi connectivity index (χ0) is 20.7. The van der Waals surface area contributed by atoms with E-state index in [-0.39, 0.29) is 16.6 Å². The monoisotopic (exact) mass is 403 g/mol. The Kier molecular flexibility index (Phi) is 7.02. The summed E-state index contributed by atoms with van der Waals surface area (Å²) in [4.78, 5) is 22.2. The molecule has 2 N–H and O–H groups in total. The molecule has 1 atom stereocenters. The highest BCUT2D eigenvalue weighted by Crippen LogP contribution is 2.16. The van der Waals surface area contributed by atoms with Gasteiger partial charge in [-0.15, -0.1) is 0 Å². The quantitative estimate of drug-likeness (QED) is 0.398. The number of hydrogen-bond acceptors (Lipinski definition) is 5. The number of carbonyl (C=O) groups excluding carboxylic acids is 1. The SMILES string of the molecule is CCC(C)NS(=O)(=O)c1ccc(NC(=O)/C=C/c2ccc([N+](=O)[O-])cc2)cc1. The molecule has 148 valence electrons. The van der Waals surface area contributed by atoms with Crippen LogP contribution in [-0.2, 0) is 14.8 Å². The van der Waals surface area contributed by atoms with Gasteiger partial charge in [0.1, 0.15) is 0 Å². The highest BCUT2D eigenvalue weighted by atomic mass is 32.2. The zero-order valence-electron chi connectivity index (χ0n) is 15.5. The molecule has 0 fully saturated rings. The topological polar surface area (TPSA) is 118 Å². The van der Waals surface area contributed by atoms with Gasteiger partial charge in [-0.3, -0.25) is 14.9 Å². The van der Waals surface area contributed by atoms with Gasteiger partial charge >= 0.3 is 0 Å². The Labute approximate surface area is 163 Å². The first-order valence-corrected chi connectivity index (χ1v) is 10.1. The number of nitro groups is 1. The Morgan fingerprint density at radius 3 is 2.29 bits per heavy atom. The number of nitrogens with one attached hydrogen (secondary N) is 2. The van der Waals surface area contributed by atoms with Gasteiger partial charge in [0.2, 0.25) is 15.9 Å². The molecule has 0 radical (unpaired) electrons. The lowest BCUT2D eigenvalue weighted by Gasteiger charge is -2.12. The van der Waals surface area contributed by atoms with Gasteiger partial charge in [0.25, 0.3) is 5.69 Å². The molecule has 0 spiro atoms. The molecule has 28 heavy (non-hydrogen) atoms. The lowest BCUT2D eigenvalue weighted by Crippen LogP contribution is -2.31. The number of hydrogen-bond donors (Lipinski definition) is 2. The van der Waals surface area contributed by atoms with Crippen LogP contribution in [0.3, 0.4) is 0 Å². The van der Waals surface area contributed by atoms with Gasteiger partial charge in [-0.25, -0.2) is 13.1 Å². The van der Waals surface area contributed by atoms with Crippen LogP contribution in [0.25, 0.3) is 6.08 Å². The molecule has 8 nitrogen and oxygen atoms in total. The van der Waals surface area contributed by atoms with Gasteiger partial charge in [0.15, 0.2) is 0 Å². The van der Waals surface area contributed by atoms with E-state index in [0.29, 0.717) is 17.7 Å². The van der Waals surface area contributed by atoms with E-state index in [1.54, 1.807) is 6.92 Å². The summed E-state index contributed by atoms with van der Waals surface area (Å²) in [6, 6.07) is 11.4. The second-order valence-corrected chi connectivity index (χ2v) is 7.84. The molecular weight excluding hydrogens is 382 g/mol. The van der Waals surface area contributed by atoms with E-state index < -0.39 is 20.9 Å². The Morgan fingerprint density at radius 1 is 1.14 bits per heavy atom. The molecule has 0 aliphatic heterocycles. The average Bonchev–Trinajstić information content (AvgIpc) is 2.66. The maximum absolute atomic E-state index is 12.2. The molecule has 0 heterocycles. The van der Waals surface area contributed by atoms with Crippen LogP contribution in [0.4, 0.5) is 11.4 Å². The predicted molar refractivity (Wildman–Crippen MR) is 107 cm³/mol. The van der Waals surface area contributed by atoms with Crippen LogP contribution < -0.4 is 10.0 Å². The van der Waals surface area contributed by atoms with Gasteiger partial charge in [-0.1, -0.05) is 6.92 Å². The van der Waals surface area contributed by atoms with Crippen molar-refractivity contribution in [2.75, 3.05) is 5.32 Å². The van der Waals surface area contributed by atoms with Crippen LogP contribution in [0.5, 0.6) is 0 Å². The number of benzene rings is 2. The number of carbonyl (C=O) groups is 1.